The number of nitrogens with one attached hydrogen (secondary N) is 1. The molecule has 0 saturated heterocycles. The van der Waals surface area contributed by atoms with E-state index in [0.29, 0.717) is 34.5 Å². The summed E-state index contributed by atoms with van der Waals surface area (Å²) in [6, 6.07) is 5.29. The van der Waals surface area contributed by atoms with E-state index in [1.165, 1.54) is 10.8 Å². The smallest absolute Gasteiger partial charge is 0.281 e. The quantitative estimate of drug-likeness (QED) is 0.206. The van der Waals surface area contributed by atoms with Crippen molar-refractivity contribution in [3.63, 3.8) is 0 Å². The number of fused-ring (bicyclic) bond motifs is 2. The van der Waals surface area contributed by atoms with Crippen molar-refractivity contribution >= 4 is 36.2 Å². The van der Waals surface area contributed by atoms with Crippen molar-refractivity contribution in [3.05, 3.63) is 75.2 Å². The van der Waals surface area contributed by atoms with E-state index in [-0.39, 0.29) is 16.9 Å². The van der Waals surface area contributed by atoms with Crippen LogP contribution in [0.25, 0.3) is 11.1 Å². The lowest BCUT2D eigenvalue weighted by Crippen LogP contribution is -2.30. The molecule has 6 rings (SSSR count). The van der Waals surface area contributed by atoms with Gasteiger partial charge in [0.1, 0.15) is 5.69 Å². The maximum Gasteiger partial charge on any atom is 0.281 e. The molecule has 0 atom stereocenters. The molecule has 12 nitrogen and oxygen atoms in total. The lowest BCUT2D eigenvalue weighted by Gasteiger charge is -2.22. The molecule has 4 aromatic rings. The van der Waals surface area contributed by atoms with E-state index >= 15 is 0 Å². The monoisotopic (exact) mass is 567 g/mol. The van der Waals surface area contributed by atoms with Gasteiger partial charge in [-0.1, -0.05) is 0 Å². The van der Waals surface area contributed by atoms with Gasteiger partial charge in [0.2, 0.25) is 0 Å². The highest BCUT2D eigenvalue weighted by molar-refractivity contribution is 6.09. The SMILES string of the molecule is C=NN(C(=O)c1cn2c(c1C)CCCC2)c1nccc(-c2cc(Nc3cc4n(n3)CCN(C)C4)c(=O)n(C)c2)c1C=O. The number of hydrazone groups is 1. The Morgan fingerprint density at radius 2 is 2.00 bits per heavy atom. The van der Waals surface area contributed by atoms with Crippen LogP contribution >= 0.6 is 0 Å². The van der Waals surface area contributed by atoms with Crippen molar-refractivity contribution in [1.82, 2.24) is 28.8 Å². The number of aromatic nitrogens is 5. The number of pyridine rings is 2. The molecule has 2 aliphatic heterocycles. The minimum absolute atomic E-state index is 0.0698. The Balaban J connectivity index is 1.37. The summed E-state index contributed by atoms with van der Waals surface area (Å²) in [4.78, 5) is 46.0. The first-order valence-electron chi connectivity index (χ1n) is 14.0. The number of hydrogen-bond acceptors (Lipinski definition) is 8. The van der Waals surface area contributed by atoms with Crippen LogP contribution in [0.15, 0.2) is 46.7 Å². The van der Waals surface area contributed by atoms with Crippen LogP contribution in [0.5, 0.6) is 0 Å². The molecule has 4 aromatic heterocycles. The molecule has 216 valence electrons. The van der Waals surface area contributed by atoms with E-state index in [4.69, 9.17) is 0 Å². The summed E-state index contributed by atoms with van der Waals surface area (Å²) in [6.45, 7) is 8.85. The third kappa shape index (κ3) is 4.73. The second-order valence-corrected chi connectivity index (χ2v) is 10.9. The third-order valence-electron chi connectivity index (χ3n) is 8.13. The lowest BCUT2D eigenvalue weighted by atomic mass is 10.0. The molecule has 2 aliphatic rings. The number of anilines is 3. The second-order valence-electron chi connectivity index (χ2n) is 10.9. The summed E-state index contributed by atoms with van der Waals surface area (Å²) in [5, 5.41) is 12.9. The fraction of sp³-hybridized carbons (Fsp3) is 0.333. The van der Waals surface area contributed by atoms with Gasteiger partial charge in [0, 0.05) is 69.3 Å². The summed E-state index contributed by atoms with van der Waals surface area (Å²) < 4.78 is 5.50. The number of carbonyl (C=O) groups excluding carboxylic acids is 2. The van der Waals surface area contributed by atoms with Gasteiger partial charge >= 0.3 is 0 Å². The van der Waals surface area contributed by atoms with Gasteiger partial charge in [-0.15, -0.1) is 0 Å². The first-order chi connectivity index (χ1) is 20.3. The molecule has 0 spiro atoms. The Kier molecular flexibility index (Phi) is 7.07. The number of likely N-dealkylation sites (N-methyl/N-ethyl adjacent to an activating group) is 1. The first kappa shape index (κ1) is 27.3. The maximum atomic E-state index is 13.7. The molecule has 1 amide bonds. The number of carbonyl (C=O) groups is 2. The first-order valence-corrected chi connectivity index (χ1v) is 14.0. The Morgan fingerprint density at radius 1 is 1.17 bits per heavy atom. The maximum absolute atomic E-state index is 13.7. The van der Waals surface area contributed by atoms with E-state index < -0.39 is 5.91 Å². The van der Waals surface area contributed by atoms with Gasteiger partial charge in [-0.3, -0.25) is 24.0 Å². The molecule has 0 bridgehead atoms. The van der Waals surface area contributed by atoms with Crippen molar-refractivity contribution in [1.29, 1.82) is 0 Å². The van der Waals surface area contributed by atoms with Crippen LogP contribution in [0.4, 0.5) is 17.3 Å². The number of nitrogens with zero attached hydrogens (tertiary/aromatic N) is 8. The molecule has 0 saturated carbocycles. The average molecular weight is 568 g/mol. The lowest BCUT2D eigenvalue weighted by molar-refractivity contribution is 0.0986. The number of aldehydes is 1. The van der Waals surface area contributed by atoms with Crippen LogP contribution in [0, 0.1) is 6.92 Å². The zero-order chi connectivity index (χ0) is 29.5. The number of hydrogen-bond donors (Lipinski definition) is 1. The van der Waals surface area contributed by atoms with Gasteiger partial charge in [-0.2, -0.15) is 15.2 Å². The molecule has 6 heterocycles. The van der Waals surface area contributed by atoms with Crippen LogP contribution in [0.2, 0.25) is 0 Å². The summed E-state index contributed by atoms with van der Waals surface area (Å²) in [7, 11) is 3.70. The van der Waals surface area contributed by atoms with Crippen molar-refractivity contribution in [2.24, 2.45) is 12.1 Å². The molecule has 1 N–H and O–H groups in total. The van der Waals surface area contributed by atoms with Gasteiger partial charge in [0.05, 0.1) is 23.4 Å². The molecular weight excluding hydrogens is 534 g/mol. The zero-order valence-corrected chi connectivity index (χ0v) is 24.0. The van der Waals surface area contributed by atoms with Gasteiger partial charge in [-0.05, 0) is 56.5 Å². The fourth-order valence-electron chi connectivity index (χ4n) is 5.91. The average Bonchev–Trinajstić information content (AvgIpc) is 3.55. The highest BCUT2D eigenvalue weighted by Crippen LogP contribution is 2.32. The van der Waals surface area contributed by atoms with Crippen molar-refractivity contribution in [2.45, 2.75) is 45.8 Å². The number of amides is 1. The summed E-state index contributed by atoms with van der Waals surface area (Å²) >= 11 is 0. The summed E-state index contributed by atoms with van der Waals surface area (Å²) in [6.07, 6.45) is 8.72. The Labute approximate surface area is 242 Å². The van der Waals surface area contributed by atoms with Crippen molar-refractivity contribution in [2.75, 3.05) is 23.9 Å². The van der Waals surface area contributed by atoms with Gasteiger partial charge < -0.3 is 14.5 Å². The minimum Gasteiger partial charge on any atom is -0.350 e. The summed E-state index contributed by atoms with van der Waals surface area (Å²) in [5.41, 5.74) is 4.90. The van der Waals surface area contributed by atoms with Gasteiger partial charge in [0.25, 0.3) is 11.5 Å². The Morgan fingerprint density at radius 3 is 2.76 bits per heavy atom. The highest BCUT2D eigenvalue weighted by atomic mass is 16.2. The van der Waals surface area contributed by atoms with Gasteiger partial charge in [0.15, 0.2) is 17.9 Å². The Bertz CT molecular complexity index is 1780. The fourth-order valence-corrected chi connectivity index (χ4v) is 5.91. The largest absolute Gasteiger partial charge is 0.350 e. The van der Waals surface area contributed by atoms with Crippen molar-refractivity contribution < 1.29 is 9.59 Å². The van der Waals surface area contributed by atoms with Crippen LogP contribution in [-0.2, 0) is 33.1 Å². The van der Waals surface area contributed by atoms with E-state index in [1.54, 1.807) is 25.4 Å². The van der Waals surface area contributed by atoms with Crippen molar-refractivity contribution in [3.8, 4) is 11.1 Å². The van der Waals surface area contributed by atoms with E-state index in [2.05, 4.69) is 43.7 Å². The molecule has 0 aromatic carbocycles. The molecule has 0 unspecified atom stereocenters. The normalized spacial score (nSPS) is 14.6. The number of rotatable bonds is 7. The van der Waals surface area contributed by atoms with Crippen LogP contribution < -0.4 is 15.9 Å². The van der Waals surface area contributed by atoms with Gasteiger partial charge in [-0.25, -0.2) is 4.98 Å². The van der Waals surface area contributed by atoms with E-state index in [0.717, 1.165) is 67.4 Å². The topological polar surface area (TPSA) is 123 Å². The van der Waals surface area contributed by atoms with Crippen LogP contribution in [0.3, 0.4) is 0 Å². The van der Waals surface area contributed by atoms with E-state index in [1.807, 2.05) is 23.9 Å². The van der Waals surface area contributed by atoms with Crippen LogP contribution in [0.1, 0.15) is 50.5 Å². The molecule has 0 fully saturated rings. The zero-order valence-electron chi connectivity index (χ0n) is 24.0. The molecular formula is C30H33N9O3. The molecule has 0 radical (unpaired) electrons. The molecule has 12 heteroatoms. The highest BCUT2D eigenvalue weighted by Gasteiger charge is 2.28. The Hall–Kier alpha value is -4.84. The molecule has 0 aliphatic carbocycles. The predicted molar refractivity (Wildman–Crippen MR) is 161 cm³/mol. The van der Waals surface area contributed by atoms with Crippen LogP contribution in [-0.4, -0.2) is 61.3 Å². The third-order valence-corrected chi connectivity index (χ3v) is 8.13. The summed E-state index contributed by atoms with van der Waals surface area (Å²) in [5.74, 6) is 0.230. The minimum atomic E-state index is -0.408. The predicted octanol–water partition coefficient (Wildman–Crippen LogP) is 3.35. The standard InChI is InChI=1S/C30H33N9O3/c1-19-23(17-37-10-6-5-7-26(19)37)29(41)39(31-2)28-24(18-40)22(8-9-32-28)20-13-25(30(42)36(4)15-20)33-27-14-21-16-35(3)11-12-38(21)34-27/h8-9,13-15,17-18H,2,5-7,10-12,16H2,1,3-4H3,(H,33,34). The van der Waals surface area contributed by atoms with E-state index in [9.17, 15) is 14.4 Å². The molecule has 42 heavy (non-hydrogen) atoms. The number of aryl methyl sites for hydroxylation is 2. The second kappa shape index (κ2) is 10.9.